The quantitative estimate of drug-likeness (QED) is 0.905. The van der Waals surface area contributed by atoms with Crippen LogP contribution in [0.2, 0.25) is 0 Å². The first kappa shape index (κ1) is 17.9. The second-order valence-corrected chi connectivity index (χ2v) is 7.52. The van der Waals surface area contributed by atoms with E-state index < -0.39 is 0 Å². The summed E-state index contributed by atoms with van der Waals surface area (Å²) >= 11 is 1.56. The highest BCUT2D eigenvalue weighted by atomic mass is 32.1. The highest BCUT2D eigenvalue weighted by molar-refractivity contribution is 7.18. The molecule has 0 radical (unpaired) electrons. The zero-order valence-electron chi connectivity index (χ0n) is 15.1. The summed E-state index contributed by atoms with van der Waals surface area (Å²) in [6.07, 6.45) is -0.257. The molecule has 0 spiro atoms. The van der Waals surface area contributed by atoms with Crippen molar-refractivity contribution in [1.82, 2.24) is 19.8 Å². The van der Waals surface area contributed by atoms with Gasteiger partial charge in [0, 0.05) is 31.1 Å². The summed E-state index contributed by atoms with van der Waals surface area (Å²) in [7, 11) is 0. The van der Waals surface area contributed by atoms with Crippen molar-refractivity contribution in [3.8, 4) is 0 Å². The summed E-state index contributed by atoms with van der Waals surface area (Å²) in [5.41, 5.74) is 0.940. The Labute approximate surface area is 150 Å². The molecule has 136 valence electrons. The Morgan fingerprint density at radius 3 is 2.64 bits per heavy atom. The molecule has 0 aliphatic carbocycles. The largest absolute Gasteiger partial charge is 0.450 e. The fourth-order valence-electron chi connectivity index (χ4n) is 3.15. The lowest BCUT2D eigenvalue weighted by Crippen LogP contribution is -2.49. The normalized spacial score (nSPS) is 17.0. The summed E-state index contributed by atoms with van der Waals surface area (Å²) in [6.45, 7) is 10.9. The number of carbonyl (C=O) groups excluding carboxylic acids is 1. The van der Waals surface area contributed by atoms with Crippen molar-refractivity contribution in [3.05, 3.63) is 26.6 Å². The molecule has 25 heavy (non-hydrogen) atoms. The number of piperazine rings is 1. The van der Waals surface area contributed by atoms with E-state index >= 15 is 0 Å². The van der Waals surface area contributed by atoms with Gasteiger partial charge in [-0.25, -0.2) is 9.78 Å². The van der Waals surface area contributed by atoms with Gasteiger partial charge in [-0.05, 0) is 33.3 Å². The van der Waals surface area contributed by atoms with Crippen molar-refractivity contribution < 1.29 is 9.53 Å². The first-order valence-corrected chi connectivity index (χ1v) is 9.39. The molecule has 3 heterocycles. The highest BCUT2D eigenvalue weighted by Gasteiger charge is 2.27. The van der Waals surface area contributed by atoms with Crippen molar-refractivity contribution >= 4 is 27.6 Å². The number of nitrogens with zero attached hydrogens (tertiary/aromatic N) is 3. The maximum atomic E-state index is 12.5. The number of amides is 1. The number of ether oxygens (including phenoxy) is 1. The van der Waals surface area contributed by atoms with Crippen LogP contribution in [0, 0.1) is 13.8 Å². The number of H-pyrrole nitrogens is 1. The Hall–Kier alpha value is -1.93. The van der Waals surface area contributed by atoms with Crippen molar-refractivity contribution in [2.75, 3.05) is 32.8 Å². The van der Waals surface area contributed by atoms with Crippen molar-refractivity contribution in [3.63, 3.8) is 0 Å². The number of rotatable bonds is 3. The number of carbonyl (C=O) groups is 1. The average Bonchev–Trinajstić information content (AvgIpc) is 2.89. The second-order valence-electron chi connectivity index (χ2n) is 6.31. The van der Waals surface area contributed by atoms with Crippen LogP contribution in [-0.4, -0.2) is 58.6 Å². The smallest absolute Gasteiger partial charge is 0.409 e. The van der Waals surface area contributed by atoms with E-state index in [0.29, 0.717) is 30.9 Å². The minimum Gasteiger partial charge on any atom is -0.450 e. The minimum absolute atomic E-state index is 0.0100. The van der Waals surface area contributed by atoms with E-state index in [-0.39, 0.29) is 17.7 Å². The third-order valence-corrected chi connectivity index (χ3v) is 5.94. The number of aryl methyl sites for hydroxylation is 2. The van der Waals surface area contributed by atoms with Gasteiger partial charge >= 0.3 is 6.09 Å². The van der Waals surface area contributed by atoms with E-state index in [2.05, 4.69) is 9.88 Å². The molecule has 1 aliphatic heterocycles. The summed E-state index contributed by atoms with van der Waals surface area (Å²) in [5, 5.41) is 0.700. The van der Waals surface area contributed by atoms with Crippen LogP contribution in [0.5, 0.6) is 0 Å². The molecule has 2 aromatic heterocycles. The van der Waals surface area contributed by atoms with Gasteiger partial charge < -0.3 is 14.6 Å². The van der Waals surface area contributed by atoms with Crippen molar-refractivity contribution in [2.24, 2.45) is 0 Å². The molecule has 1 fully saturated rings. The predicted molar refractivity (Wildman–Crippen MR) is 98.3 cm³/mol. The molecular formula is C17H24N4O3S. The van der Waals surface area contributed by atoms with Crippen molar-refractivity contribution in [1.29, 1.82) is 0 Å². The van der Waals surface area contributed by atoms with Gasteiger partial charge in [-0.1, -0.05) is 0 Å². The highest BCUT2D eigenvalue weighted by Crippen LogP contribution is 2.27. The molecule has 1 atom stereocenters. The standard InChI is InChI=1S/C17H24N4O3S/c1-5-24-17(23)21-8-6-20(7-9-21)11(3)14-18-15(22)13-10(2)12(4)25-16(13)19-14/h11H,5-9H2,1-4H3,(H,18,19,22). The Bertz CT molecular complexity index is 836. The Kier molecular flexibility index (Phi) is 5.10. The van der Waals surface area contributed by atoms with Crippen molar-refractivity contribution in [2.45, 2.75) is 33.7 Å². The van der Waals surface area contributed by atoms with E-state index in [4.69, 9.17) is 9.72 Å². The van der Waals surface area contributed by atoms with Gasteiger partial charge in [-0.3, -0.25) is 9.69 Å². The summed E-state index contributed by atoms with van der Waals surface area (Å²) < 4.78 is 5.05. The molecule has 3 rings (SSSR count). The van der Waals surface area contributed by atoms with E-state index in [1.165, 1.54) is 0 Å². The molecule has 1 unspecified atom stereocenters. The van der Waals surface area contributed by atoms with Gasteiger partial charge in [0.1, 0.15) is 10.7 Å². The summed E-state index contributed by atoms with van der Waals surface area (Å²) in [5.74, 6) is 0.684. The zero-order chi connectivity index (χ0) is 18.1. The molecule has 0 aromatic carbocycles. The SMILES string of the molecule is CCOC(=O)N1CCN(C(C)c2nc3sc(C)c(C)c3c(=O)[nH]2)CC1. The van der Waals surface area contributed by atoms with E-state index in [0.717, 1.165) is 28.4 Å². The number of fused-ring (bicyclic) bond motifs is 1. The molecule has 1 aliphatic rings. The molecule has 7 nitrogen and oxygen atoms in total. The van der Waals surface area contributed by atoms with E-state index in [1.54, 1.807) is 16.2 Å². The van der Waals surface area contributed by atoms with Gasteiger partial charge in [0.25, 0.3) is 5.56 Å². The zero-order valence-corrected chi connectivity index (χ0v) is 15.9. The first-order chi connectivity index (χ1) is 11.9. The van der Waals surface area contributed by atoms with Crippen LogP contribution in [0.3, 0.4) is 0 Å². The molecule has 1 saturated heterocycles. The number of nitrogens with one attached hydrogen (secondary N) is 1. The Balaban J connectivity index is 1.76. The third-order valence-electron chi connectivity index (χ3n) is 4.84. The van der Waals surface area contributed by atoms with Crippen LogP contribution in [0.15, 0.2) is 4.79 Å². The lowest BCUT2D eigenvalue weighted by atomic mass is 10.2. The van der Waals surface area contributed by atoms with Gasteiger partial charge in [-0.2, -0.15) is 0 Å². The summed E-state index contributed by atoms with van der Waals surface area (Å²) in [6, 6.07) is -0.0100. The van der Waals surface area contributed by atoms with Crippen LogP contribution in [-0.2, 0) is 4.74 Å². The Morgan fingerprint density at radius 2 is 2.00 bits per heavy atom. The third kappa shape index (κ3) is 3.41. The second kappa shape index (κ2) is 7.13. The molecule has 1 amide bonds. The molecule has 0 bridgehead atoms. The lowest BCUT2D eigenvalue weighted by molar-refractivity contribution is 0.0673. The van der Waals surface area contributed by atoms with Crippen LogP contribution in [0.25, 0.3) is 10.2 Å². The number of hydrogen-bond acceptors (Lipinski definition) is 6. The van der Waals surface area contributed by atoms with Crippen LogP contribution in [0.1, 0.15) is 36.2 Å². The number of aromatic amines is 1. The van der Waals surface area contributed by atoms with Crippen LogP contribution < -0.4 is 5.56 Å². The molecule has 1 N–H and O–H groups in total. The van der Waals surface area contributed by atoms with Gasteiger partial charge in [-0.15, -0.1) is 11.3 Å². The van der Waals surface area contributed by atoms with E-state index in [9.17, 15) is 9.59 Å². The molecule has 0 saturated carbocycles. The summed E-state index contributed by atoms with van der Waals surface area (Å²) in [4.78, 5) is 37.8. The average molecular weight is 364 g/mol. The monoisotopic (exact) mass is 364 g/mol. The number of hydrogen-bond donors (Lipinski definition) is 1. The maximum absolute atomic E-state index is 12.5. The fourth-order valence-corrected chi connectivity index (χ4v) is 4.19. The van der Waals surface area contributed by atoms with Gasteiger partial charge in [0.15, 0.2) is 0 Å². The van der Waals surface area contributed by atoms with Crippen LogP contribution >= 0.6 is 11.3 Å². The number of aromatic nitrogens is 2. The molecular weight excluding hydrogens is 340 g/mol. The van der Waals surface area contributed by atoms with Gasteiger partial charge in [0.2, 0.25) is 0 Å². The molecule has 8 heteroatoms. The first-order valence-electron chi connectivity index (χ1n) is 8.58. The predicted octanol–water partition coefficient (Wildman–Crippen LogP) is 2.44. The van der Waals surface area contributed by atoms with Gasteiger partial charge in [0.05, 0.1) is 18.0 Å². The molecule has 2 aromatic rings. The Morgan fingerprint density at radius 1 is 1.32 bits per heavy atom. The van der Waals surface area contributed by atoms with Crippen LogP contribution in [0.4, 0.5) is 4.79 Å². The fraction of sp³-hybridized carbons (Fsp3) is 0.588. The number of thiophene rings is 1. The lowest BCUT2D eigenvalue weighted by Gasteiger charge is -2.36. The topological polar surface area (TPSA) is 78.5 Å². The van der Waals surface area contributed by atoms with E-state index in [1.807, 2.05) is 27.7 Å². The maximum Gasteiger partial charge on any atom is 0.409 e. The minimum atomic E-state index is -0.257.